The molecule has 21 heavy (non-hydrogen) atoms. The second-order valence-corrected chi connectivity index (χ2v) is 6.99. The third kappa shape index (κ3) is 2.14. The van der Waals surface area contributed by atoms with Crippen molar-refractivity contribution < 1.29 is 9.47 Å². The van der Waals surface area contributed by atoms with Crippen LogP contribution in [-0.4, -0.2) is 18.3 Å². The zero-order valence-electron chi connectivity index (χ0n) is 12.2. The van der Waals surface area contributed by atoms with Crippen LogP contribution in [-0.2, 0) is 9.47 Å². The highest BCUT2D eigenvalue weighted by atomic mass is 32.2. The van der Waals surface area contributed by atoms with Gasteiger partial charge >= 0.3 is 0 Å². The van der Waals surface area contributed by atoms with Crippen molar-refractivity contribution in [2.24, 2.45) is 5.92 Å². The fourth-order valence-corrected chi connectivity index (χ4v) is 4.86. The molecule has 0 unspecified atom stereocenters. The first kappa shape index (κ1) is 13.5. The van der Waals surface area contributed by atoms with Crippen LogP contribution in [0.1, 0.15) is 26.2 Å². The molecule has 0 saturated heterocycles. The normalized spacial score (nSPS) is 33.4. The number of hydrogen-bond acceptors (Lipinski definition) is 3. The van der Waals surface area contributed by atoms with E-state index in [0.29, 0.717) is 5.92 Å². The van der Waals surface area contributed by atoms with Gasteiger partial charge in [-0.1, -0.05) is 42.1 Å². The molecular weight excluding hydrogens is 280 g/mol. The molecular formula is C18H20O2S. The minimum absolute atomic E-state index is 0.0735. The van der Waals surface area contributed by atoms with E-state index in [9.17, 15) is 0 Å². The van der Waals surface area contributed by atoms with Crippen LogP contribution < -0.4 is 0 Å². The van der Waals surface area contributed by atoms with Crippen LogP contribution in [0.4, 0.5) is 0 Å². The molecule has 1 spiro atoms. The predicted molar refractivity (Wildman–Crippen MR) is 85.0 cm³/mol. The third-order valence-electron chi connectivity index (χ3n) is 4.64. The molecule has 1 aromatic rings. The van der Waals surface area contributed by atoms with Crippen LogP contribution in [0.15, 0.2) is 58.0 Å². The Balaban J connectivity index is 1.74. The van der Waals surface area contributed by atoms with Crippen molar-refractivity contribution >= 4 is 11.8 Å². The summed E-state index contributed by atoms with van der Waals surface area (Å²) in [5, 5.41) is 0. The molecule has 4 rings (SSSR count). The van der Waals surface area contributed by atoms with Gasteiger partial charge in [0.2, 0.25) is 0 Å². The first-order valence-electron chi connectivity index (χ1n) is 7.79. The quantitative estimate of drug-likeness (QED) is 0.761. The van der Waals surface area contributed by atoms with Gasteiger partial charge in [0.1, 0.15) is 11.9 Å². The highest BCUT2D eigenvalue weighted by molar-refractivity contribution is 8.03. The Morgan fingerprint density at radius 3 is 3.00 bits per heavy atom. The molecule has 0 N–H and O–H groups in total. The molecule has 1 saturated carbocycles. The topological polar surface area (TPSA) is 18.5 Å². The average molecular weight is 300 g/mol. The minimum Gasteiger partial charge on any atom is -0.497 e. The van der Waals surface area contributed by atoms with Crippen molar-refractivity contribution in [3.05, 3.63) is 53.1 Å². The lowest BCUT2D eigenvalue weighted by Crippen LogP contribution is -2.40. The van der Waals surface area contributed by atoms with E-state index in [1.54, 1.807) is 11.8 Å². The Kier molecular flexibility index (Phi) is 3.35. The molecule has 3 aliphatic rings. The predicted octanol–water partition coefficient (Wildman–Crippen LogP) is 4.53. The molecule has 3 heteroatoms. The smallest absolute Gasteiger partial charge is 0.115 e. The number of hydrogen-bond donors (Lipinski definition) is 0. The molecule has 0 amide bonds. The Morgan fingerprint density at radius 2 is 2.19 bits per heavy atom. The fraction of sp³-hybridized carbons (Fsp3) is 0.444. The summed E-state index contributed by atoms with van der Waals surface area (Å²) < 4.78 is 12.5. The van der Waals surface area contributed by atoms with Crippen LogP contribution >= 0.6 is 11.8 Å². The van der Waals surface area contributed by atoms with E-state index in [2.05, 4.69) is 49.4 Å². The van der Waals surface area contributed by atoms with Crippen LogP contribution in [0.2, 0.25) is 0 Å². The molecule has 2 heterocycles. The highest BCUT2D eigenvalue weighted by Crippen LogP contribution is 2.55. The average Bonchev–Trinajstić information content (AvgIpc) is 3.10. The Hall–Kier alpha value is -1.19. The summed E-state index contributed by atoms with van der Waals surface area (Å²) in [7, 11) is 0. The van der Waals surface area contributed by atoms with E-state index in [0.717, 1.165) is 13.0 Å². The summed E-state index contributed by atoms with van der Waals surface area (Å²) in [6.07, 6.45) is 8.13. The van der Waals surface area contributed by atoms with Crippen molar-refractivity contribution in [3.63, 3.8) is 0 Å². The standard InChI is InChI=1S/C18H20O2S/c1-2-19-16-14-9-6-11-18(14)12-10-15(20-18)17(16)21-13-7-4-3-5-8-13/h3-5,7-8,10,12,14-15H,2,6,9,11H2,1H3/t14-,15-,18+/m0/s1. The van der Waals surface area contributed by atoms with Crippen LogP contribution in [0.5, 0.6) is 0 Å². The SMILES string of the molecule is CCOC1=C(Sc2ccccc2)[C@@H]2C=C[C@@]3(CCC[C@@H]13)O2. The minimum atomic E-state index is -0.0735. The fourth-order valence-electron chi connectivity index (χ4n) is 3.76. The molecule has 2 nitrogen and oxygen atoms in total. The van der Waals surface area contributed by atoms with Crippen molar-refractivity contribution in [3.8, 4) is 0 Å². The lowest BCUT2D eigenvalue weighted by atomic mass is 9.88. The Morgan fingerprint density at radius 1 is 1.33 bits per heavy atom. The Labute approximate surface area is 130 Å². The van der Waals surface area contributed by atoms with E-state index in [1.807, 2.05) is 0 Å². The molecule has 0 radical (unpaired) electrons. The molecule has 0 aromatic heterocycles. The summed E-state index contributed by atoms with van der Waals surface area (Å²) >= 11 is 1.80. The lowest BCUT2D eigenvalue weighted by Gasteiger charge is -2.38. The zero-order valence-corrected chi connectivity index (χ0v) is 13.1. The van der Waals surface area contributed by atoms with Crippen molar-refractivity contribution in [2.75, 3.05) is 6.61 Å². The lowest BCUT2D eigenvalue weighted by molar-refractivity contribution is -0.0548. The molecule has 1 fully saturated rings. The van der Waals surface area contributed by atoms with Crippen molar-refractivity contribution in [1.82, 2.24) is 0 Å². The van der Waals surface area contributed by atoms with Crippen LogP contribution in [0.3, 0.4) is 0 Å². The first-order valence-corrected chi connectivity index (χ1v) is 8.61. The van der Waals surface area contributed by atoms with E-state index in [1.165, 1.54) is 28.4 Å². The maximum atomic E-state index is 6.40. The molecule has 1 aliphatic carbocycles. The number of benzene rings is 1. The van der Waals surface area contributed by atoms with Gasteiger partial charge < -0.3 is 9.47 Å². The van der Waals surface area contributed by atoms with Gasteiger partial charge in [0.25, 0.3) is 0 Å². The second kappa shape index (κ2) is 5.22. The summed E-state index contributed by atoms with van der Waals surface area (Å²) in [5.41, 5.74) is -0.0735. The number of fused-ring (bicyclic) bond motifs is 1. The van der Waals surface area contributed by atoms with Gasteiger partial charge in [-0.15, -0.1) is 0 Å². The van der Waals surface area contributed by atoms with Gasteiger partial charge in [0.05, 0.1) is 23.0 Å². The molecule has 3 atom stereocenters. The number of thioether (sulfide) groups is 1. The van der Waals surface area contributed by atoms with Crippen LogP contribution in [0, 0.1) is 5.92 Å². The van der Waals surface area contributed by atoms with Crippen molar-refractivity contribution in [2.45, 2.75) is 42.8 Å². The van der Waals surface area contributed by atoms with E-state index < -0.39 is 0 Å². The van der Waals surface area contributed by atoms with E-state index >= 15 is 0 Å². The molecule has 1 aromatic carbocycles. The van der Waals surface area contributed by atoms with Crippen molar-refractivity contribution in [1.29, 1.82) is 0 Å². The third-order valence-corrected chi connectivity index (χ3v) is 5.80. The summed E-state index contributed by atoms with van der Waals surface area (Å²) in [6, 6.07) is 10.5. The van der Waals surface area contributed by atoms with Gasteiger partial charge in [0, 0.05) is 4.90 Å². The highest BCUT2D eigenvalue weighted by Gasteiger charge is 2.53. The maximum Gasteiger partial charge on any atom is 0.115 e. The van der Waals surface area contributed by atoms with Gasteiger partial charge in [0.15, 0.2) is 0 Å². The summed E-state index contributed by atoms with van der Waals surface area (Å²) in [4.78, 5) is 2.50. The van der Waals surface area contributed by atoms with Gasteiger partial charge in [-0.2, -0.15) is 0 Å². The largest absolute Gasteiger partial charge is 0.497 e. The number of rotatable bonds is 4. The monoisotopic (exact) mass is 300 g/mol. The number of ether oxygens (including phenoxy) is 2. The van der Waals surface area contributed by atoms with Gasteiger partial charge in [-0.3, -0.25) is 0 Å². The molecule has 2 bridgehead atoms. The summed E-state index contributed by atoms with van der Waals surface area (Å²) in [5.74, 6) is 1.59. The van der Waals surface area contributed by atoms with E-state index in [4.69, 9.17) is 9.47 Å². The van der Waals surface area contributed by atoms with E-state index in [-0.39, 0.29) is 11.7 Å². The second-order valence-electron chi connectivity index (χ2n) is 5.87. The van der Waals surface area contributed by atoms with Gasteiger partial charge in [-0.05, 0) is 38.3 Å². The molecule has 110 valence electrons. The molecule has 2 aliphatic heterocycles. The van der Waals surface area contributed by atoms with Gasteiger partial charge in [-0.25, -0.2) is 0 Å². The maximum absolute atomic E-state index is 6.40. The van der Waals surface area contributed by atoms with Crippen LogP contribution in [0.25, 0.3) is 0 Å². The summed E-state index contributed by atoms with van der Waals surface area (Å²) in [6.45, 7) is 2.80. The zero-order chi connectivity index (χ0) is 14.3. The Bertz CT molecular complexity index is 592. The first-order chi connectivity index (χ1) is 10.3.